The van der Waals surface area contributed by atoms with E-state index in [-0.39, 0.29) is 0 Å². The van der Waals surface area contributed by atoms with Crippen molar-refractivity contribution in [3.05, 3.63) is 0 Å². The summed E-state index contributed by atoms with van der Waals surface area (Å²) in [6.45, 7) is 4.40. The molecular formula is C10H23N3. The van der Waals surface area contributed by atoms with Crippen LogP contribution in [0.3, 0.4) is 0 Å². The third-order valence-corrected chi connectivity index (χ3v) is 2.86. The van der Waals surface area contributed by atoms with Crippen LogP contribution in [0.1, 0.15) is 19.3 Å². The molecule has 1 heterocycles. The van der Waals surface area contributed by atoms with Crippen LogP contribution in [0.25, 0.3) is 0 Å². The summed E-state index contributed by atoms with van der Waals surface area (Å²) in [6, 6.07) is 0.647. The van der Waals surface area contributed by atoms with Crippen LogP contribution in [0.15, 0.2) is 0 Å². The second-order valence-corrected chi connectivity index (χ2v) is 4.22. The molecule has 3 heteroatoms. The topological polar surface area (TPSA) is 32.5 Å². The standard InChI is InChI=1S/C10H23N3/c1-12(2)7-8-13-6-4-3-5-10(13)9-11/h10H,3-9,11H2,1-2H3. The van der Waals surface area contributed by atoms with Crippen LogP contribution in [-0.4, -0.2) is 56.1 Å². The molecule has 1 aliphatic heterocycles. The van der Waals surface area contributed by atoms with Crippen molar-refractivity contribution in [2.45, 2.75) is 25.3 Å². The molecule has 0 saturated carbocycles. The van der Waals surface area contributed by atoms with Gasteiger partial charge in [0.1, 0.15) is 0 Å². The minimum atomic E-state index is 0.647. The number of likely N-dealkylation sites (N-methyl/N-ethyl adjacent to an activating group) is 1. The summed E-state index contributed by atoms with van der Waals surface area (Å²) < 4.78 is 0. The SMILES string of the molecule is CN(C)CCN1CCCCC1CN. The molecule has 1 aliphatic rings. The molecule has 78 valence electrons. The van der Waals surface area contributed by atoms with Gasteiger partial charge in [-0.3, -0.25) is 4.90 Å². The van der Waals surface area contributed by atoms with E-state index in [1.54, 1.807) is 0 Å². The van der Waals surface area contributed by atoms with Gasteiger partial charge in [0.25, 0.3) is 0 Å². The van der Waals surface area contributed by atoms with E-state index in [2.05, 4.69) is 23.9 Å². The Kier molecular flexibility index (Phi) is 4.70. The molecule has 0 aromatic carbocycles. The predicted octanol–water partition coefficient (Wildman–Crippen LogP) is 0.361. The van der Waals surface area contributed by atoms with Gasteiger partial charge in [-0.15, -0.1) is 0 Å². The van der Waals surface area contributed by atoms with Gasteiger partial charge in [0.15, 0.2) is 0 Å². The van der Waals surface area contributed by atoms with E-state index >= 15 is 0 Å². The molecule has 1 fully saturated rings. The van der Waals surface area contributed by atoms with E-state index < -0.39 is 0 Å². The third-order valence-electron chi connectivity index (χ3n) is 2.86. The highest BCUT2D eigenvalue weighted by molar-refractivity contribution is 4.77. The average molecular weight is 185 g/mol. The number of hydrogen-bond donors (Lipinski definition) is 1. The van der Waals surface area contributed by atoms with Crippen molar-refractivity contribution >= 4 is 0 Å². The number of hydrogen-bond acceptors (Lipinski definition) is 3. The minimum Gasteiger partial charge on any atom is -0.329 e. The van der Waals surface area contributed by atoms with E-state index in [0.29, 0.717) is 6.04 Å². The van der Waals surface area contributed by atoms with Gasteiger partial charge in [-0.25, -0.2) is 0 Å². The predicted molar refractivity (Wildman–Crippen MR) is 56.8 cm³/mol. The summed E-state index contributed by atoms with van der Waals surface area (Å²) in [4.78, 5) is 4.78. The van der Waals surface area contributed by atoms with E-state index in [0.717, 1.165) is 13.1 Å². The summed E-state index contributed by atoms with van der Waals surface area (Å²) >= 11 is 0. The highest BCUT2D eigenvalue weighted by atomic mass is 15.2. The van der Waals surface area contributed by atoms with Crippen molar-refractivity contribution in [1.82, 2.24) is 9.80 Å². The molecule has 0 amide bonds. The van der Waals surface area contributed by atoms with Crippen LogP contribution in [0.2, 0.25) is 0 Å². The van der Waals surface area contributed by atoms with Crippen molar-refractivity contribution in [3.8, 4) is 0 Å². The van der Waals surface area contributed by atoms with Gasteiger partial charge < -0.3 is 10.6 Å². The number of nitrogens with two attached hydrogens (primary N) is 1. The molecule has 0 aromatic rings. The van der Waals surface area contributed by atoms with E-state index in [1.165, 1.54) is 32.4 Å². The molecule has 0 spiro atoms. The normalized spacial score (nSPS) is 25.4. The molecule has 13 heavy (non-hydrogen) atoms. The monoisotopic (exact) mass is 185 g/mol. The molecule has 2 N–H and O–H groups in total. The van der Waals surface area contributed by atoms with E-state index in [1.807, 2.05) is 0 Å². The zero-order chi connectivity index (χ0) is 9.68. The first-order valence-electron chi connectivity index (χ1n) is 5.33. The lowest BCUT2D eigenvalue weighted by Crippen LogP contribution is -2.46. The summed E-state index contributed by atoms with van der Waals surface area (Å²) in [5.74, 6) is 0. The number of rotatable bonds is 4. The van der Waals surface area contributed by atoms with Crippen LogP contribution in [0.5, 0.6) is 0 Å². The molecule has 1 saturated heterocycles. The quantitative estimate of drug-likeness (QED) is 0.686. The van der Waals surface area contributed by atoms with E-state index in [9.17, 15) is 0 Å². The summed E-state index contributed by atoms with van der Waals surface area (Å²) in [5, 5.41) is 0. The maximum absolute atomic E-state index is 5.74. The number of nitrogens with zero attached hydrogens (tertiary/aromatic N) is 2. The second kappa shape index (κ2) is 5.58. The average Bonchev–Trinajstić information content (AvgIpc) is 2.15. The minimum absolute atomic E-state index is 0.647. The van der Waals surface area contributed by atoms with Crippen molar-refractivity contribution < 1.29 is 0 Å². The van der Waals surface area contributed by atoms with Gasteiger partial charge in [-0.1, -0.05) is 6.42 Å². The zero-order valence-electron chi connectivity index (χ0n) is 9.00. The lowest BCUT2D eigenvalue weighted by Gasteiger charge is -2.35. The zero-order valence-corrected chi connectivity index (χ0v) is 9.00. The molecule has 1 unspecified atom stereocenters. The van der Waals surface area contributed by atoms with Crippen molar-refractivity contribution in [2.75, 3.05) is 40.3 Å². The van der Waals surface area contributed by atoms with Gasteiger partial charge in [-0.2, -0.15) is 0 Å². The lowest BCUT2D eigenvalue weighted by molar-refractivity contribution is 0.141. The largest absolute Gasteiger partial charge is 0.329 e. The van der Waals surface area contributed by atoms with Crippen molar-refractivity contribution in [1.29, 1.82) is 0 Å². The molecule has 0 bridgehead atoms. The fraction of sp³-hybridized carbons (Fsp3) is 1.00. The molecule has 3 nitrogen and oxygen atoms in total. The molecular weight excluding hydrogens is 162 g/mol. The van der Waals surface area contributed by atoms with Gasteiger partial charge in [0, 0.05) is 25.7 Å². The molecule has 0 aromatic heterocycles. The fourth-order valence-electron chi connectivity index (χ4n) is 1.95. The fourth-order valence-corrected chi connectivity index (χ4v) is 1.95. The molecule has 0 aliphatic carbocycles. The Morgan fingerprint density at radius 1 is 1.38 bits per heavy atom. The first-order chi connectivity index (χ1) is 6.24. The molecule has 1 atom stereocenters. The first kappa shape index (κ1) is 11.0. The summed E-state index contributed by atoms with van der Waals surface area (Å²) in [7, 11) is 4.25. The van der Waals surface area contributed by atoms with Crippen molar-refractivity contribution in [3.63, 3.8) is 0 Å². The summed E-state index contributed by atoms with van der Waals surface area (Å²) in [6.07, 6.45) is 4.01. The molecule has 0 radical (unpaired) electrons. The van der Waals surface area contributed by atoms with Crippen LogP contribution < -0.4 is 5.73 Å². The Morgan fingerprint density at radius 2 is 2.15 bits per heavy atom. The highest BCUT2D eigenvalue weighted by Gasteiger charge is 2.20. The first-order valence-corrected chi connectivity index (χ1v) is 5.33. The summed E-state index contributed by atoms with van der Waals surface area (Å²) in [5.41, 5.74) is 5.74. The Hall–Kier alpha value is -0.120. The van der Waals surface area contributed by atoms with Gasteiger partial charge in [0.05, 0.1) is 0 Å². The lowest BCUT2D eigenvalue weighted by atomic mass is 10.0. The maximum atomic E-state index is 5.74. The Morgan fingerprint density at radius 3 is 2.77 bits per heavy atom. The second-order valence-electron chi connectivity index (χ2n) is 4.22. The van der Waals surface area contributed by atoms with Crippen LogP contribution in [0, 0.1) is 0 Å². The van der Waals surface area contributed by atoms with Crippen molar-refractivity contribution in [2.24, 2.45) is 5.73 Å². The van der Waals surface area contributed by atoms with Gasteiger partial charge >= 0.3 is 0 Å². The Balaban J connectivity index is 2.27. The smallest absolute Gasteiger partial charge is 0.0218 e. The van der Waals surface area contributed by atoms with Crippen LogP contribution in [0.4, 0.5) is 0 Å². The maximum Gasteiger partial charge on any atom is 0.0218 e. The number of likely N-dealkylation sites (tertiary alicyclic amines) is 1. The van der Waals surface area contributed by atoms with Gasteiger partial charge in [-0.05, 0) is 33.5 Å². The highest BCUT2D eigenvalue weighted by Crippen LogP contribution is 2.15. The van der Waals surface area contributed by atoms with Crippen LogP contribution in [-0.2, 0) is 0 Å². The molecule has 1 rings (SSSR count). The van der Waals surface area contributed by atoms with E-state index in [4.69, 9.17) is 5.73 Å². The van der Waals surface area contributed by atoms with Crippen LogP contribution >= 0.6 is 0 Å². The van der Waals surface area contributed by atoms with Gasteiger partial charge in [0.2, 0.25) is 0 Å². The third kappa shape index (κ3) is 3.63. The number of piperidine rings is 1. The Bertz CT molecular complexity index is 136. The Labute approximate surface area is 81.9 Å².